The molecule has 23 heavy (non-hydrogen) atoms. The fraction of sp³-hybridized carbons (Fsp3) is 0.706. The SMILES string of the molecule is CN1CCC(N(CC2CCOC2)C(=O)NCc2ccco2)CC1. The van der Waals surface area contributed by atoms with Crippen molar-refractivity contribution in [2.75, 3.05) is 39.9 Å². The van der Waals surface area contributed by atoms with Crippen LogP contribution in [0, 0.1) is 5.92 Å². The number of furan rings is 1. The summed E-state index contributed by atoms with van der Waals surface area (Å²) in [4.78, 5) is 17.1. The normalized spacial score (nSPS) is 23.1. The van der Waals surface area contributed by atoms with Crippen molar-refractivity contribution in [3.63, 3.8) is 0 Å². The molecule has 2 aliphatic heterocycles. The van der Waals surface area contributed by atoms with E-state index in [-0.39, 0.29) is 6.03 Å². The van der Waals surface area contributed by atoms with Crippen molar-refractivity contribution in [2.24, 2.45) is 5.92 Å². The van der Waals surface area contributed by atoms with Gasteiger partial charge < -0.3 is 24.3 Å². The number of carbonyl (C=O) groups excluding carboxylic acids is 1. The summed E-state index contributed by atoms with van der Waals surface area (Å²) in [6.45, 7) is 4.92. The molecule has 2 aliphatic rings. The molecule has 2 amide bonds. The van der Waals surface area contributed by atoms with Crippen LogP contribution in [-0.2, 0) is 11.3 Å². The van der Waals surface area contributed by atoms with Gasteiger partial charge >= 0.3 is 6.03 Å². The van der Waals surface area contributed by atoms with E-state index in [0.717, 1.165) is 57.9 Å². The first-order valence-electron chi connectivity index (χ1n) is 8.55. The number of carbonyl (C=O) groups is 1. The number of nitrogens with one attached hydrogen (secondary N) is 1. The molecule has 128 valence electrons. The molecule has 1 N–H and O–H groups in total. The van der Waals surface area contributed by atoms with E-state index >= 15 is 0 Å². The van der Waals surface area contributed by atoms with E-state index in [4.69, 9.17) is 9.15 Å². The first-order valence-corrected chi connectivity index (χ1v) is 8.55. The zero-order chi connectivity index (χ0) is 16.1. The number of ether oxygens (including phenoxy) is 1. The van der Waals surface area contributed by atoms with E-state index in [0.29, 0.717) is 18.5 Å². The maximum atomic E-state index is 12.7. The topological polar surface area (TPSA) is 58.0 Å². The molecule has 3 heterocycles. The van der Waals surface area contributed by atoms with E-state index in [1.807, 2.05) is 17.0 Å². The second kappa shape index (κ2) is 7.84. The molecule has 0 aliphatic carbocycles. The van der Waals surface area contributed by atoms with Gasteiger partial charge in [-0.05, 0) is 51.5 Å². The van der Waals surface area contributed by atoms with Crippen LogP contribution in [0.3, 0.4) is 0 Å². The van der Waals surface area contributed by atoms with Gasteiger partial charge in [-0.1, -0.05) is 0 Å². The second-order valence-electron chi connectivity index (χ2n) is 6.65. The summed E-state index contributed by atoms with van der Waals surface area (Å²) < 4.78 is 10.8. The van der Waals surface area contributed by atoms with Crippen molar-refractivity contribution < 1.29 is 13.9 Å². The fourth-order valence-electron chi connectivity index (χ4n) is 3.39. The number of amides is 2. The third kappa shape index (κ3) is 4.48. The van der Waals surface area contributed by atoms with Crippen LogP contribution in [0.15, 0.2) is 22.8 Å². The standard InChI is InChI=1S/C17H27N3O3/c1-19-7-4-15(5-8-19)20(12-14-6-10-22-13-14)17(21)18-11-16-3-2-9-23-16/h2-3,9,14-15H,4-8,10-13H2,1H3,(H,18,21). The molecule has 3 rings (SSSR count). The first kappa shape index (κ1) is 16.3. The Morgan fingerprint density at radius 1 is 1.39 bits per heavy atom. The molecule has 1 aromatic rings. The van der Waals surface area contributed by atoms with Crippen LogP contribution in [0.4, 0.5) is 4.79 Å². The molecule has 0 aromatic carbocycles. The van der Waals surface area contributed by atoms with Gasteiger partial charge in [-0.15, -0.1) is 0 Å². The van der Waals surface area contributed by atoms with Crippen LogP contribution < -0.4 is 5.32 Å². The van der Waals surface area contributed by atoms with Crippen molar-refractivity contribution in [2.45, 2.75) is 31.8 Å². The predicted octanol–water partition coefficient (Wildman–Crippen LogP) is 1.92. The van der Waals surface area contributed by atoms with E-state index < -0.39 is 0 Å². The van der Waals surface area contributed by atoms with Crippen molar-refractivity contribution in [3.05, 3.63) is 24.2 Å². The van der Waals surface area contributed by atoms with Crippen molar-refractivity contribution in [3.8, 4) is 0 Å². The average Bonchev–Trinajstić information content (AvgIpc) is 3.25. The maximum absolute atomic E-state index is 12.7. The van der Waals surface area contributed by atoms with Gasteiger partial charge in [0.05, 0.1) is 19.4 Å². The zero-order valence-electron chi connectivity index (χ0n) is 13.9. The molecule has 1 atom stereocenters. The van der Waals surface area contributed by atoms with Gasteiger partial charge in [0.15, 0.2) is 0 Å². The Hall–Kier alpha value is -1.53. The number of urea groups is 1. The molecule has 6 heteroatoms. The van der Waals surface area contributed by atoms with Crippen molar-refractivity contribution in [1.82, 2.24) is 15.1 Å². The molecule has 0 saturated carbocycles. The van der Waals surface area contributed by atoms with Crippen LogP contribution in [0.1, 0.15) is 25.0 Å². The fourth-order valence-corrected chi connectivity index (χ4v) is 3.39. The van der Waals surface area contributed by atoms with Crippen LogP contribution in [0.2, 0.25) is 0 Å². The summed E-state index contributed by atoms with van der Waals surface area (Å²) in [6.07, 6.45) is 4.76. The molecule has 0 bridgehead atoms. The minimum atomic E-state index is 0.0165. The van der Waals surface area contributed by atoms with Crippen LogP contribution >= 0.6 is 0 Å². The molecule has 0 spiro atoms. The molecule has 1 unspecified atom stereocenters. The predicted molar refractivity (Wildman–Crippen MR) is 87.1 cm³/mol. The van der Waals surface area contributed by atoms with Gasteiger partial charge in [-0.25, -0.2) is 4.79 Å². The summed E-state index contributed by atoms with van der Waals surface area (Å²) >= 11 is 0. The number of nitrogens with zero attached hydrogens (tertiary/aromatic N) is 2. The van der Waals surface area contributed by atoms with E-state index in [1.54, 1.807) is 6.26 Å². The highest BCUT2D eigenvalue weighted by Crippen LogP contribution is 2.21. The summed E-state index contributed by atoms with van der Waals surface area (Å²) in [7, 11) is 2.14. The van der Waals surface area contributed by atoms with Crippen LogP contribution in [0.5, 0.6) is 0 Å². The van der Waals surface area contributed by atoms with Gasteiger partial charge in [0.2, 0.25) is 0 Å². The Morgan fingerprint density at radius 2 is 2.22 bits per heavy atom. The van der Waals surface area contributed by atoms with Crippen LogP contribution in [-0.4, -0.2) is 61.8 Å². The first-order chi connectivity index (χ1) is 11.2. The largest absolute Gasteiger partial charge is 0.467 e. The summed E-state index contributed by atoms with van der Waals surface area (Å²) in [6, 6.07) is 4.06. The van der Waals surface area contributed by atoms with E-state index in [9.17, 15) is 4.79 Å². The van der Waals surface area contributed by atoms with Gasteiger partial charge in [-0.3, -0.25) is 0 Å². The highest BCUT2D eigenvalue weighted by molar-refractivity contribution is 5.74. The molecule has 2 saturated heterocycles. The lowest BCUT2D eigenvalue weighted by Gasteiger charge is -2.38. The van der Waals surface area contributed by atoms with Crippen molar-refractivity contribution in [1.29, 1.82) is 0 Å². The monoisotopic (exact) mass is 321 g/mol. The number of hydrogen-bond acceptors (Lipinski definition) is 4. The Balaban J connectivity index is 1.59. The smallest absolute Gasteiger partial charge is 0.318 e. The molecule has 2 fully saturated rings. The minimum Gasteiger partial charge on any atom is -0.467 e. The van der Waals surface area contributed by atoms with Gasteiger partial charge in [0.1, 0.15) is 5.76 Å². The zero-order valence-corrected chi connectivity index (χ0v) is 13.9. The Morgan fingerprint density at radius 3 is 2.87 bits per heavy atom. The molecule has 1 aromatic heterocycles. The maximum Gasteiger partial charge on any atom is 0.318 e. The minimum absolute atomic E-state index is 0.0165. The van der Waals surface area contributed by atoms with Gasteiger partial charge in [0.25, 0.3) is 0 Å². The Kier molecular flexibility index (Phi) is 5.56. The summed E-state index contributed by atoms with van der Waals surface area (Å²) in [5.41, 5.74) is 0. The number of rotatable bonds is 5. The molecule has 0 radical (unpaired) electrons. The lowest BCUT2D eigenvalue weighted by molar-refractivity contribution is 0.113. The van der Waals surface area contributed by atoms with Crippen LogP contribution in [0.25, 0.3) is 0 Å². The number of piperidine rings is 1. The molecule has 6 nitrogen and oxygen atoms in total. The average molecular weight is 321 g/mol. The highest BCUT2D eigenvalue weighted by atomic mass is 16.5. The van der Waals surface area contributed by atoms with Crippen molar-refractivity contribution >= 4 is 6.03 Å². The quantitative estimate of drug-likeness (QED) is 0.900. The Labute approximate surface area is 137 Å². The third-order valence-electron chi connectivity index (χ3n) is 4.86. The summed E-state index contributed by atoms with van der Waals surface area (Å²) in [5.74, 6) is 1.25. The second-order valence-corrected chi connectivity index (χ2v) is 6.65. The van der Waals surface area contributed by atoms with E-state index in [2.05, 4.69) is 17.3 Å². The Bertz CT molecular complexity index is 477. The summed E-state index contributed by atoms with van der Waals surface area (Å²) in [5, 5.41) is 3.01. The molecular weight excluding hydrogens is 294 g/mol. The lowest BCUT2D eigenvalue weighted by Crippen LogP contribution is -2.51. The van der Waals surface area contributed by atoms with Gasteiger partial charge in [0, 0.05) is 25.1 Å². The number of hydrogen-bond donors (Lipinski definition) is 1. The lowest BCUT2D eigenvalue weighted by atomic mass is 10.0. The van der Waals surface area contributed by atoms with Gasteiger partial charge in [-0.2, -0.15) is 0 Å². The van der Waals surface area contributed by atoms with E-state index in [1.165, 1.54) is 0 Å². The number of likely N-dealkylation sites (tertiary alicyclic amines) is 1. The third-order valence-corrected chi connectivity index (χ3v) is 4.86. The highest BCUT2D eigenvalue weighted by Gasteiger charge is 2.30. The molecular formula is C17H27N3O3.